The lowest BCUT2D eigenvalue weighted by molar-refractivity contribution is 0.0371. The van der Waals surface area contributed by atoms with Gasteiger partial charge in [-0.2, -0.15) is 0 Å². The molecule has 2 atom stereocenters. The summed E-state index contributed by atoms with van der Waals surface area (Å²) in [6.45, 7) is 11.8. The minimum absolute atomic E-state index is 0. The third kappa shape index (κ3) is 7.59. The third-order valence-electron chi connectivity index (χ3n) is 6.72. The zero-order chi connectivity index (χ0) is 18.5. The lowest BCUT2D eigenvalue weighted by atomic mass is 9.78. The highest BCUT2D eigenvalue weighted by Gasteiger charge is 2.33. The first-order valence-electron chi connectivity index (χ1n) is 11.2. The molecule has 0 spiro atoms. The van der Waals surface area contributed by atoms with E-state index in [0.29, 0.717) is 6.04 Å². The predicted octanol–water partition coefficient (Wildman–Crippen LogP) is 8.44. The summed E-state index contributed by atoms with van der Waals surface area (Å²) in [5, 5.41) is 0. The Morgan fingerprint density at radius 3 is 2.03 bits per heavy atom. The molecule has 0 amide bonds. The van der Waals surface area contributed by atoms with Crippen molar-refractivity contribution in [2.24, 2.45) is 5.92 Å². The molecule has 0 radical (unpaired) electrons. The molecule has 0 bridgehead atoms. The Morgan fingerprint density at radius 1 is 0.733 bits per heavy atom. The number of benzene rings is 1. The van der Waals surface area contributed by atoms with Crippen LogP contribution in [-0.2, 0) is 6.42 Å². The second kappa shape index (κ2) is 14.9. The van der Waals surface area contributed by atoms with Crippen molar-refractivity contribution in [1.29, 1.82) is 0 Å². The molecule has 1 aromatic carbocycles. The molecule has 2 heteroatoms. The number of para-hydroxylation sites is 1. The fourth-order valence-corrected chi connectivity index (χ4v) is 5.40. The van der Waals surface area contributed by atoms with E-state index in [0.717, 1.165) is 18.0 Å². The van der Waals surface area contributed by atoms with Gasteiger partial charge < -0.3 is 4.90 Å². The standard InChI is InChI=1S/C12H23N.C12H17N.4CH4/c2*1-10(2)13-9-5-7-11-6-3-4-8-12(11)13;;;;/h10-12H,3-9H2,1-2H3;3-4,6,8,10H,5,7,9H2,1-2H3;4*1H4. The van der Waals surface area contributed by atoms with Crippen molar-refractivity contribution in [3.05, 3.63) is 29.8 Å². The van der Waals surface area contributed by atoms with Gasteiger partial charge in [0.15, 0.2) is 0 Å². The summed E-state index contributed by atoms with van der Waals surface area (Å²) < 4.78 is 0. The maximum atomic E-state index is 2.76. The van der Waals surface area contributed by atoms with Crippen LogP contribution in [0.25, 0.3) is 0 Å². The minimum atomic E-state index is 0. The smallest absolute Gasteiger partial charge is 0.0401 e. The molecule has 1 saturated heterocycles. The van der Waals surface area contributed by atoms with E-state index in [4.69, 9.17) is 0 Å². The van der Waals surface area contributed by atoms with Crippen molar-refractivity contribution in [3.63, 3.8) is 0 Å². The molecule has 3 aliphatic rings. The van der Waals surface area contributed by atoms with Crippen molar-refractivity contribution in [1.82, 2.24) is 4.90 Å². The molecule has 1 saturated carbocycles. The highest BCUT2D eigenvalue weighted by Crippen LogP contribution is 2.36. The number of fused-ring (bicyclic) bond motifs is 2. The van der Waals surface area contributed by atoms with Gasteiger partial charge in [0.2, 0.25) is 0 Å². The first kappa shape index (κ1) is 31.2. The van der Waals surface area contributed by atoms with E-state index in [-0.39, 0.29) is 29.7 Å². The highest BCUT2D eigenvalue weighted by molar-refractivity contribution is 5.55. The van der Waals surface area contributed by atoms with Gasteiger partial charge in [-0.15, -0.1) is 0 Å². The number of rotatable bonds is 2. The summed E-state index contributed by atoms with van der Waals surface area (Å²) in [7, 11) is 0. The molecular formula is C28H56N2. The summed E-state index contributed by atoms with van der Waals surface area (Å²) >= 11 is 0. The topological polar surface area (TPSA) is 6.48 Å². The summed E-state index contributed by atoms with van der Waals surface area (Å²) in [5.41, 5.74) is 2.96. The van der Waals surface area contributed by atoms with E-state index in [1.165, 1.54) is 75.7 Å². The Bertz CT molecular complexity index is 549. The summed E-state index contributed by atoms with van der Waals surface area (Å²) in [5.74, 6) is 1.05. The average Bonchev–Trinajstić information content (AvgIpc) is 2.67. The van der Waals surface area contributed by atoms with Crippen molar-refractivity contribution in [2.45, 2.75) is 127 Å². The van der Waals surface area contributed by atoms with Gasteiger partial charge in [-0.05, 0) is 90.3 Å². The maximum absolute atomic E-state index is 2.76. The van der Waals surface area contributed by atoms with Gasteiger partial charge >= 0.3 is 0 Å². The molecule has 0 aromatic heterocycles. The van der Waals surface area contributed by atoms with Gasteiger partial charge in [0.1, 0.15) is 0 Å². The lowest BCUT2D eigenvalue weighted by Crippen LogP contribution is -2.49. The monoisotopic (exact) mass is 420 g/mol. The zero-order valence-electron chi connectivity index (χ0n) is 17.6. The largest absolute Gasteiger partial charge is 0.369 e. The molecule has 2 heterocycles. The normalized spacial score (nSPS) is 22.7. The zero-order valence-corrected chi connectivity index (χ0v) is 17.6. The second-order valence-corrected chi connectivity index (χ2v) is 9.11. The fraction of sp³-hybridized carbons (Fsp3) is 0.786. The van der Waals surface area contributed by atoms with E-state index < -0.39 is 0 Å². The lowest BCUT2D eigenvalue weighted by Gasteiger charge is -2.46. The quantitative estimate of drug-likeness (QED) is 0.473. The van der Waals surface area contributed by atoms with Crippen molar-refractivity contribution >= 4 is 5.69 Å². The van der Waals surface area contributed by atoms with Crippen LogP contribution in [0.1, 0.15) is 108 Å². The summed E-state index contributed by atoms with van der Waals surface area (Å²) in [6.07, 6.45) is 11.5. The third-order valence-corrected chi connectivity index (χ3v) is 6.72. The number of aryl methyl sites for hydroxylation is 1. The molecule has 1 aliphatic carbocycles. The molecule has 4 rings (SSSR count). The van der Waals surface area contributed by atoms with E-state index >= 15 is 0 Å². The minimum Gasteiger partial charge on any atom is -0.369 e. The van der Waals surface area contributed by atoms with Crippen LogP contribution in [0.3, 0.4) is 0 Å². The number of hydrogen-bond donors (Lipinski definition) is 0. The van der Waals surface area contributed by atoms with Crippen molar-refractivity contribution in [3.8, 4) is 0 Å². The molecule has 178 valence electrons. The maximum Gasteiger partial charge on any atom is 0.0401 e. The van der Waals surface area contributed by atoms with Crippen LogP contribution in [0.5, 0.6) is 0 Å². The number of likely N-dealkylation sites (tertiary alicyclic amines) is 1. The SMILES string of the molecule is C.C.C.C.CC(C)N1CCCC2CCCCC21.CC(C)N1CCCc2ccccc21. The van der Waals surface area contributed by atoms with Gasteiger partial charge in [0.25, 0.3) is 0 Å². The molecule has 2 nitrogen and oxygen atoms in total. The van der Waals surface area contributed by atoms with Crippen molar-refractivity contribution in [2.75, 3.05) is 18.0 Å². The van der Waals surface area contributed by atoms with E-state index in [2.05, 4.69) is 61.8 Å². The van der Waals surface area contributed by atoms with Gasteiger partial charge in [-0.1, -0.05) is 60.7 Å². The summed E-state index contributed by atoms with van der Waals surface area (Å²) in [6, 6.07) is 11.1. The van der Waals surface area contributed by atoms with Crippen LogP contribution in [0.2, 0.25) is 0 Å². The fourth-order valence-electron chi connectivity index (χ4n) is 5.40. The van der Waals surface area contributed by atoms with Crippen LogP contribution in [0.15, 0.2) is 24.3 Å². The van der Waals surface area contributed by atoms with Crippen LogP contribution < -0.4 is 4.90 Å². The highest BCUT2D eigenvalue weighted by atomic mass is 15.2. The molecule has 2 fully saturated rings. The first-order valence-corrected chi connectivity index (χ1v) is 11.2. The van der Waals surface area contributed by atoms with E-state index in [9.17, 15) is 0 Å². The van der Waals surface area contributed by atoms with Crippen LogP contribution in [0, 0.1) is 5.92 Å². The van der Waals surface area contributed by atoms with Crippen molar-refractivity contribution < 1.29 is 0 Å². The van der Waals surface area contributed by atoms with Crippen LogP contribution in [0.4, 0.5) is 5.69 Å². The van der Waals surface area contributed by atoms with Gasteiger partial charge in [0, 0.05) is 30.4 Å². The summed E-state index contributed by atoms with van der Waals surface area (Å²) in [4.78, 5) is 5.26. The Hall–Kier alpha value is -1.02. The Balaban J connectivity index is 0. The van der Waals surface area contributed by atoms with Gasteiger partial charge in [-0.3, -0.25) is 4.90 Å². The first-order chi connectivity index (χ1) is 12.6. The van der Waals surface area contributed by atoms with Crippen LogP contribution in [-0.4, -0.2) is 36.1 Å². The van der Waals surface area contributed by atoms with Gasteiger partial charge in [-0.25, -0.2) is 0 Å². The molecule has 0 N–H and O–H groups in total. The van der Waals surface area contributed by atoms with E-state index in [1.54, 1.807) is 0 Å². The number of piperidine rings is 1. The Labute approximate surface area is 191 Å². The number of hydrogen-bond acceptors (Lipinski definition) is 2. The number of nitrogens with zero attached hydrogens (tertiary/aromatic N) is 2. The van der Waals surface area contributed by atoms with Gasteiger partial charge in [0.05, 0.1) is 0 Å². The second-order valence-electron chi connectivity index (χ2n) is 9.11. The molecule has 30 heavy (non-hydrogen) atoms. The Kier molecular flexibility index (Phi) is 15.5. The Morgan fingerprint density at radius 2 is 1.37 bits per heavy atom. The predicted molar refractivity (Wildman–Crippen MR) is 141 cm³/mol. The average molecular weight is 421 g/mol. The number of anilines is 1. The van der Waals surface area contributed by atoms with Crippen LogP contribution >= 0.6 is 0 Å². The molecule has 2 aliphatic heterocycles. The molecule has 1 aromatic rings. The molecule has 2 unspecified atom stereocenters. The molecular weight excluding hydrogens is 364 g/mol. The van der Waals surface area contributed by atoms with E-state index in [1.807, 2.05) is 0 Å².